The van der Waals surface area contributed by atoms with E-state index in [4.69, 9.17) is 4.42 Å². The van der Waals surface area contributed by atoms with Gasteiger partial charge in [0.15, 0.2) is 4.90 Å². The number of para-hydroxylation sites is 1. The molecule has 0 fully saturated rings. The maximum absolute atomic E-state index is 13.6. The largest absolute Gasteiger partial charge is 0.422 e. The lowest BCUT2D eigenvalue weighted by atomic mass is 10.2. The van der Waals surface area contributed by atoms with Crippen LogP contribution in [-0.2, 0) is 9.84 Å². The predicted molar refractivity (Wildman–Crippen MR) is 79.1 cm³/mol. The Kier molecular flexibility index (Phi) is 3.33. The minimum absolute atomic E-state index is 0.279. The lowest BCUT2D eigenvalue weighted by Gasteiger charge is -2.06. The third kappa shape index (κ3) is 2.31. The molecule has 0 amide bonds. The summed E-state index contributed by atoms with van der Waals surface area (Å²) >= 11 is 0. The number of rotatable bonds is 2. The van der Waals surface area contributed by atoms with Gasteiger partial charge in [0.05, 0.1) is 4.90 Å². The Hall–Kier alpha value is -2.47. The van der Waals surface area contributed by atoms with Gasteiger partial charge >= 0.3 is 5.63 Å². The van der Waals surface area contributed by atoms with E-state index in [0.29, 0.717) is 16.5 Å². The molecule has 0 bridgehead atoms. The molecular weight excluding hydrogens is 307 g/mol. The van der Waals surface area contributed by atoms with Crippen LogP contribution in [0.15, 0.2) is 67.5 Å². The number of fused-ring (bicyclic) bond motifs is 1. The highest BCUT2D eigenvalue weighted by atomic mass is 32.2. The Morgan fingerprint density at radius 1 is 1.05 bits per heavy atom. The van der Waals surface area contributed by atoms with Gasteiger partial charge in [-0.2, -0.15) is 0 Å². The highest BCUT2D eigenvalue weighted by Gasteiger charge is 2.24. The summed E-state index contributed by atoms with van der Waals surface area (Å²) < 4.78 is 43.7. The van der Waals surface area contributed by atoms with Crippen LogP contribution in [0.1, 0.15) is 5.56 Å². The normalized spacial score (nSPS) is 11.7. The zero-order valence-electron chi connectivity index (χ0n) is 11.5. The zero-order chi connectivity index (χ0) is 15.9. The van der Waals surface area contributed by atoms with Gasteiger partial charge in [-0.05, 0) is 36.8 Å². The fraction of sp³-hybridized carbons (Fsp3) is 0.0625. The molecule has 0 aliphatic carbocycles. The fourth-order valence-electron chi connectivity index (χ4n) is 2.10. The maximum Gasteiger partial charge on any atom is 0.355 e. The second kappa shape index (κ2) is 5.06. The molecule has 4 nitrogen and oxygen atoms in total. The summed E-state index contributed by atoms with van der Waals surface area (Å²) in [5.41, 5.74) is -0.356. The van der Waals surface area contributed by atoms with Crippen molar-refractivity contribution in [1.29, 1.82) is 0 Å². The van der Waals surface area contributed by atoms with Gasteiger partial charge in [-0.25, -0.2) is 17.6 Å². The second-order valence-corrected chi connectivity index (χ2v) is 6.77. The summed E-state index contributed by atoms with van der Waals surface area (Å²) in [6, 6.07) is 11.3. The third-order valence-electron chi connectivity index (χ3n) is 3.35. The van der Waals surface area contributed by atoms with E-state index in [1.165, 1.54) is 25.1 Å². The number of benzene rings is 2. The van der Waals surface area contributed by atoms with Gasteiger partial charge < -0.3 is 4.42 Å². The molecule has 3 rings (SSSR count). The molecule has 0 aliphatic heterocycles. The van der Waals surface area contributed by atoms with Crippen molar-refractivity contribution in [3.8, 4) is 0 Å². The smallest absolute Gasteiger partial charge is 0.355 e. The second-order valence-electron chi connectivity index (χ2n) is 4.85. The monoisotopic (exact) mass is 318 g/mol. The van der Waals surface area contributed by atoms with Gasteiger partial charge in [0.25, 0.3) is 0 Å². The van der Waals surface area contributed by atoms with E-state index in [1.807, 2.05) is 0 Å². The van der Waals surface area contributed by atoms with Crippen LogP contribution in [0.3, 0.4) is 0 Å². The molecule has 0 atom stereocenters. The highest BCUT2D eigenvalue weighted by Crippen LogP contribution is 2.23. The van der Waals surface area contributed by atoms with E-state index in [2.05, 4.69) is 0 Å². The van der Waals surface area contributed by atoms with Crippen LogP contribution in [0.25, 0.3) is 11.0 Å². The van der Waals surface area contributed by atoms with Gasteiger partial charge in [0.2, 0.25) is 9.84 Å². The molecule has 22 heavy (non-hydrogen) atoms. The van der Waals surface area contributed by atoms with Crippen LogP contribution in [0.5, 0.6) is 0 Å². The standard InChI is InChI=1S/C16H11FO4S/c1-10-6-7-12(9-13(10)17)22(19,20)15-8-11-4-2-3-5-14(11)21-16(15)18/h2-9H,1H3. The topological polar surface area (TPSA) is 64.3 Å². The SMILES string of the molecule is Cc1ccc(S(=O)(=O)c2cc3ccccc3oc2=O)cc1F. The lowest BCUT2D eigenvalue weighted by Crippen LogP contribution is -2.14. The van der Waals surface area contributed by atoms with Gasteiger partial charge in [-0.3, -0.25) is 0 Å². The van der Waals surface area contributed by atoms with Crippen LogP contribution in [0.4, 0.5) is 4.39 Å². The summed E-state index contributed by atoms with van der Waals surface area (Å²) in [6.07, 6.45) is 0. The molecule has 2 aromatic carbocycles. The molecule has 0 unspecified atom stereocenters. The van der Waals surface area contributed by atoms with E-state index < -0.39 is 26.2 Å². The Balaban J connectivity index is 2.26. The van der Waals surface area contributed by atoms with Crippen LogP contribution in [0.2, 0.25) is 0 Å². The first-order valence-electron chi connectivity index (χ1n) is 6.44. The Morgan fingerprint density at radius 3 is 2.50 bits per heavy atom. The number of aryl methyl sites for hydroxylation is 1. The van der Waals surface area contributed by atoms with Crippen molar-refractivity contribution >= 4 is 20.8 Å². The van der Waals surface area contributed by atoms with Crippen molar-refractivity contribution < 1.29 is 17.2 Å². The van der Waals surface area contributed by atoms with Crippen molar-refractivity contribution in [3.63, 3.8) is 0 Å². The van der Waals surface area contributed by atoms with Crippen molar-refractivity contribution in [1.82, 2.24) is 0 Å². The van der Waals surface area contributed by atoms with E-state index in [-0.39, 0.29) is 4.90 Å². The molecule has 0 saturated heterocycles. The number of hydrogen-bond acceptors (Lipinski definition) is 4. The van der Waals surface area contributed by atoms with Crippen molar-refractivity contribution in [2.75, 3.05) is 0 Å². The van der Waals surface area contributed by atoms with E-state index in [1.54, 1.807) is 24.3 Å². The molecule has 112 valence electrons. The first-order valence-corrected chi connectivity index (χ1v) is 7.92. The minimum Gasteiger partial charge on any atom is -0.422 e. The summed E-state index contributed by atoms with van der Waals surface area (Å²) in [6.45, 7) is 1.52. The first kappa shape index (κ1) is 14.5. The molecule has 3 aromatic rings. The Morgan fingerprint density at radius 2 is 1.77 bits per heavy atom. The van der Waals surface area contributed by atoms with Gasteiger partial charge in [0, 0.05) is 5.39 Å². The van der Waals surface area contributed by atoms with Gasteiger partial charge in [-0.15, -0.1) is 0 Å². The Labute approximate surface area is 125 Å². The van der Waals surface area contributed by atoms with Crippen LogP contribution < -0.4 is 5.63 Å². The summed E-state index contributed by atoms with van der Waals surface area (Å²) in [5.74, 6) is -0.647. The molecule has 1 aromatic heterocycles. The summed E-state index contributed by atoms with van der Waals surface area (Å²) in [7, 11) is -4.15. The number of sulfone groups is 1. The zero-order valence-corrected chi connectivity index (χ0v) is 12.4. The highest BCUT2D eigenvalue weighted by molar-refractivity contribution is 7.91. The fourth-order valence-corrected chi connectivity index (χ4v) is 3.40. The molecule has 1 heterocycles. The molecule has 0 radical (unpaired) electrons. The molecule has 6 heteroatoms. The van der Waals surface area contributed by atoms with Gasteiger partial charge in [-0.1, -0.05) is 24.3 Å². The first-order chi connectivity index (χ1) is 10.4. The van der Waals surface area contributed by atoms with E-state index in [0.717, 1.165) is 6.07 Å². The average molecular weight is 318 g/mol. The van der Waals surface area contributed by atoms with Crippen molar-refractivity contribution in [2.24, 2.45) is 0 Å². The molecule has 0 N–H and O–H groups in total. The molecular formula is C16H11FO4S. The predicted octanol–water partition coefficient (Wildman–Crippen LogP) is 3.07. The Bertz CT molecular complexity index is 1040. The molecule has 0 saturated carbocycles. The summed E-state index contributed by atoms with van der Waals surface area (Å²) in [5, 5.41) is 0.480. The van der Waals surface area contributed by atoms with E-state index >= 15 is 0 Å². The number of halogens is 1. The summed E-state index contributed by atoms with van der Waals surface area (Å²) in [4.78, 5) is 11.2. The third-order valence-corrected chi connectivity index (χ3v) is 5.09. The van der Waals surface area contributed by atoms with Gasteiger partial charge in [0.1, 0.15) is 11.4 Å². The number of hydrogen-bond donors (Lipinski definition) is 0. The molecule has 0 aliphatic rings. The molecule has 0 spiro atoms. The van der Waals surface area contributed by atoms with E-state index in [9.17, 15) is 17.6 Å². The van der Waals surface area contributed by atoms with Crippen molar-refractivity contribution in [2.45, 2.75) is 16.7 Å². The van der Waals surface area contributed by atoms with Crippen LogP contribution in [0, 0.1) is 12.7 Å². The van der Waals surface area contributed by atoms with Crippen LogP contribution in [-0.4, -0.2) is 8.42 Å². The van der Waals surface area contributed by atoms with Crippen LogP contribution >= 0.6 is 0 Å². The maximum atomic E-state index is 13.6. The van der Waals surface area contributed by atoms with Crippen molar-refractivity contribution in [3.05, 3.63) is 70.3 Å². The quantitative estimate of drug-likeness (QED) is 0.681. The minimum atomic E-state index is -4.15. The average Bonchev–Trinajstić information content (AvgIpc) is 2.49. The lowest BCUT2D eigenvalue weighted by molar-refractivity contribution is 0.532.